The Labute approximate surface area is 212 Å². The van der Waals surface area contributed by atoms with Crippen LogP contribution in [0.15, 0.2) is 73.1 Å². The van der Waals surface area contributed by atoms with E-state index in [2.05, 4.69) is 58.4 Å². The lowest BCUT2D eigenvalue weighted by Gasteiger charge is -2.50. The number of carboxylic acid groups (broad SMARTS) is 1. The van der Waals surface area contributed by atoms with Gasteiger partial charge in [0, 0.05) is 18.9 Å². The van der Waals surface area contributed by atoms with Gasteiger partial charge in [-0.1, -0.05) is 54.6 Å². The molecule has 0 spiro atoms. The Bertz CT molecular complexity index is 1180. The van der Waals surface area contributed by atoms with Crippen molar-refractivity contribution in [3.05, 3.63) is 89.7 Å². The Morgan fingerprint density at radius 3 is 2.19 bits per heavy atom. The van der Waals surface area contributed by atoms with Crippen LogP contribution in [0, 0.1) is 5.92 Å². The summed E-state index contributed by atoms with van der Waals surface area (Å²) in [4.78, 5) is 20.9. The van der Waals surface area contributed by atoms with Gasteiger partial charge in [0.15, 0.2) is 0 Å². The number of hydrogen-bond donors (Lipinski definition) is 1. The van der Waals surface area contributed by atoms with E-state index in [9.17, 15) is 9.90 Å². The van der Waals surface area contributed by atoms with E-state index in [0.717, 1.165) is 73.1 Å². The summed E-state index contributed by atoms with van der Waals surface area (Å²) in [7, 11) is 0. The Morgan fingerprint density at radius 1 is 0.972 bits per heavy atom. The molecule has 6 heteroatoms. The number of piperidine rings is 3. The first-order valence-corrected chi connectivity index (χ1v) is 13.0. The number of rotatable bonds is 8. The van der Waals surface area contributed by atoms with E-state index in [1.807, 2.05) is 23.2 Å². The lowest BCUT2D eigenvalue weighted by Crippen LogP contribution is -2.61. The average Bonchev–Trinajstić information content (AvgIpc) is 3.72. The minimum absolute atomic E-state index is 0.111. The van der Waals surface area contributed by atoms with E-state index in [1.165, 1.54) is 0 Å². The molecule has 1 saturated carbocycles. The van der Waals surface area contributed by atoms with Crippen LogP contribution < -0.4 is 0 Å². The molecule has 4 heterocycles. The second-order valence-electron chi connectivity index (χ2n) is 10.5. The molecule has 2 aromatic carbocycles. The van der Waals surface area contributed by atoms with E-state index >= 15 is 0 Å². The number of amides is 1. The molecule has 0 radical (unpaired) electrons. The highest BCUT2D eigenvalue weighted by molar-refractivity contribution is 5.69. The number of hydrogen-bond acceptors (Lipinski definition) is 4. The molecule has 3 aliphatic heterocycles. The maximum Gasteiger partial charge on any atom is 0.408 e. The zero-order chi connectivity index (χ0) is 24.5. The van der Waals surface area contributed by atoms with E-state index in [-0.39, 0.29) is 11.6 Å². The average molecular weight is 484 g/mol. The monoisotopic (exact) mass is 483 g/mol. The summed E-state index contributed by atoms with van der Waals surface area (Å²) in [6.45, 7) is 4.22. The summed E-state index contributed by atoms with van der Waals surface area (Å²) in [5, 5.41) is 10.3. The predicted octanol–water partition coefficient (Wildman–Crippen LogP) is 5.53. The van der Waals surface area contributed by atoms with Crippen molar-refractivity contribution in [3.63, 3.8) is 0 Å². The van der Waals surface area contributed by atoms with Gasteiger partial charge in [0.05, 0.1) is 24.8 Å². The van der Waals surface area contributed by atoms with Gasteiger partial charge in [-0.15, -0.1) is 0 Å². The molecule has 4 aliphatic rings. The van der Waals surface area contributed by atoms with E-state index in [4.69, 9.17) is 4.74 Å². The zero-order valence-electron chi connectivity index (χ0n) is 20.6. The molecule has 1 amide bonds. The first kappa shape index (κ1) is 23.2. The molecule has 3 aromatic rings. The Balaban J connectivity index is 1.13. The number of aromatic nitrogens is 1. The third kappa shape index (κ3) is 4.51. The van der Waals surface area contributed by atoms with Gasteiger partial charge in [0.1, 0.15) is 0 Å². The Kier molecular flexibility index (Phi) is 6.23. The van der Waals surface area contributed by atoms with Crippen molar-refractivity contribution in [2.24, 2.45) is 5.92 Å². The highest BCUT2D eigenvalue weighted by Crippen LogP contribution is 2.54. The summed E-state index contributed by atoms with van der Waals surface area (Å²) >= 11 is 0. The van der Waals surface area contributed by atoms with Gasteiger partial charge in [-0.25, -0.2) is 4.79 Å². The Hall–Kier alpha value is -3.22. The second kappa shape index (κ2) is 9.68. The van der Waals surface area contributed by atoms with Gasteiger partial charge in [0.25, 0.3) is 0 Å². The largest absolute Gasteiger partial charge is 0.465 e. The van der Waals surface area contributed by atoms with E-state index in [0.29, 0.717) is 19.1 Å². The highest BCUT2D eigenvalue weighted by Gasteiger charge is 2.56. The van der Waals surface area contributed by atoms with Crippen LogP contribution in [0.2, 0.25) is 0 Å². The third-order valence-corrected chi connectivity index (χ3v) is 8.31. The summed E-state index contributed by atoms with van der Waals surface area (Å²) in [6.07, 6.45) is 6.88. The van der Waals surface area contributed by atoms with Crippen LogP contribution in [0.4, 0.5) is 4.79 Å². The molecule has 7 rings (SSSR count). The van der Waals surface area contributed by atoms with Crippen LogP contribution in [-0.4, -0.2) is 51.7 Å². The highest BCUT2D eigenvalue weighted by atomic mass is 16.5. The molecule has 1 atom stereocenters. The number of pyridine rings is 1. The quantitative estimate of drug-likeness (QED) is 0.456. The fourth-order valence-corrected chi connectivity index (χ4v) is 6.19. The first-order chi connectivity index (χ1) is 17.6. The second-order valence-corrected chi connectivity index (χ2v) is 10.5. The summed E-state index contributed by atoms with van der Waals surface area (Å²) < 4.78 is 5.83. The molecule has 1 N–H and O–H groups in total. The topological polar surface area (TPSA) is 65.9 Å². The van der Waals surface area contributed by atoms with Crippen molar-refractivity contribution < 1.29 is 14.6 Å². The van der Waals surface area contributed by atoms with Crippen LogP contribution in [-0.2, 0) is 23.5 Å². The summed E-state index contributed by atoms with van der Waals surface area (Å²) in [5.41, 5.74) is 5.26. The third-order valence-electron chi connectivity index (χ3n) is 8.31. The lowest BCUT2D eigenvalue weighted by atomic mass is 9.82. The lowest BCUT2D eigenvalue weighted by molar-refractivity contribution is -0.0131. The predicted molar refractivity (Wildman–Crippen MR) is 138 cm³/mol. The number of nitrogens with zero attached hydrogens (tertiary/aromatic N) is 3. The van der Waals surface area contributed by atoms with Crippen LogP contribution in [0.5, 0.6) is 0 Å². The molecule has 186 valence electrons. The smallest absolute Gasteiger partial charge is 0.408 e. The van der Waals surface area contributed by atoms with Gasteiger partial charge in [-0.05, 0) is 78.6 Å². The molecule has 4 fully saturated rings. The van der Waals surface area contributed by atoms with Crippen molar-refractivity contribution in [1.82, 2.24) is 14.8 Å². The van der Waals surface area contributed by atoms with Crippen LogP contribution in [0.1, 0.15) is 42.4 Å². The number of fused-ring (bicyclic) bond motifs is 3. The molecule has 6 nitrogen and oxygen atoms in total. The fraction of sp³-hybridized carbons (Fsp3) is 0.400. The summed E-state index contributed by atoms with van der Waals surface area (Å²) in [5.74, 6) is 0.495. The number of carbonyl (C=O) groups is 1. The molecule has 2 bridgehead atoms. The molecular formula is C30H33N3O3. The fourth-order valence-electron chi connectivity index (χ4n) is 6.19. The van der Waals surface area contributed by atoms with Gasteiger partial charge < -0.3 is 14.7 Å². The molecule has 1 unspecified atom stereocenters. The first-order valence-electron chi connectivity index (χ1n) is 13.0. The van der Waals surface area contributed by atoms with Crippen molar-refractivity contribution in [2.75, 3.05) is 19.6 Å². The standard InChI is InChI=1S/C30H33N3O3/c34-29(35)33(28-19-32-16-11-26(28)12-17-32)30(13-14-30)27-9-7-25(8-10-27)24-5-3-22(4-6-24)20-36-21-23-2-1-15-31-18-23/h1-10,15,18,26,28H,11-14,16-17,19-21H2,(H,34,35). The van der Waals surface area contributed by atoms with E-state index in [1.54, 1.807) is 6.20 Å². The Morgan fingerprint density at radius 2 is 1.64 bits per heavy atom. The van der Waals surface area contributed by atoms with Crippen LogP contribution >= 0.6 is 0 Å². The van der Waals surface area contributed by atoms with Gasteiger partial charge in [-0.2, -0.15) is 0 Å². The van der Waals surface area contributed by atoms with Gasteiger partial charge in [0.2, 0.25) is 0 Å². The van der Waals surface area contributed by atoms with Crippen molar-refractivity contribution in [2.45, 2.75) is 50.5 Å². The minimum atomic E-state index is -0.767. The molecular weight excluding hydrogens is 450 g/mol. The summed E-state index contributed by atoms with van der Waals surface area (Å²) in [6, 6.07) is 21.1. The maximum atomic E-state index is 12.5. The van der Waals surface area contributed by atoms with Crippen molar-refractivity contribution in [3.8, 4) is 11.1 Å². The molecule has 36 heavy (non-hydrogen) atoms. The number of ether oxygens (including phenoxy) is 1. The molecule has 1 aromatic heterocycles. The number of benzene rings is 2. The van der Waals surface area contributed by atoms with E-state index < -0.39 is 6.09 Å². The van der Waals surface area contributed by atoms with Crippen molar-refractivity contribution >= 4 is 6.09 Å². The molecule has 1 aliphatic carbocycles. The minimum Gasteiger partial charge on any atom is -0.465 e. The van der Waals surface area contributed by atoms with Gasteiger partial charge >= 0.3 is 6.09 Å². The normalized spacial score (nSPS) is 23.8. The molecule has 3 saturated heterocycles. The van der Waals surface area contributed by atoms with Crippen molar-refractivity contribution in [1.29, 1.82) is 0 Å². The van der Waals surface area contributed by atoms with Gasteiger partial charge in [-0.3, -0.25) is 9.88 Å². The maximum absolute atomic E-state index is 12.5. The zero-order valence-corrected chi connectivity index (χ0v) is 20.6. The van der Waals surface area contributed by atoms with Crippen LogP contribution in [0.3, 0.4) is 0 Å². The van der Waals surface area contributed by atoms with Crippen LogP contribution in [0.25, 0.3) is 11.1 Å². The SMILES string of the molecule is O=C(O)N(C1CN2CCC1CC2)C1(c2ccc(-c3ccc(COCc4cccnc4)cc3)cc2)CC1.